The minimum absolute atomic E-state index is 0.0907. The van der Waals surface area contributed by atoms with Crippen LogP contribution in [0.2, 0.25) is 0 Å². The van der Waals surface area contributed by atoms with Crippen molar-refractivity contribution in [1.29, 1.82) is 0 Å². The highest BCUT2D eigenvalue weighted by atomic mass is 32.2. The first kappa shape index (κ1) is 16.6. The summed E-state index contributed by atoms with van der Waals surface area (Å²) in [6, 6.07) is 4.84. The summed E-state index contributed by atoms with van der Waals surface area (Å²) in [5, 5.41) is 0. The number of ether oxygens (including phenoxy) is 1. The monoisotopic (exact) mass is 303 g/mol. The average Bonchev–Trinajstić information content (AvgIpc) is 2.42. The molecule has 0 amide bonds. The fraction of sp³-hybridized carbons (Fsp3) is 0.462. The molecule has 0 aromatic heterocycles. The molecule has 20 heavy (non-hydrogen) atoms. The van der Waals surface area contributed by atoms with Crippen molar-refractivity contribution in [2.45, 2.75) is 30.6 Å². The molecule has 0 unspecified atom stereocenters. The highest BCUT2D eigenvalue weighted by Crippen LogP contribution is 2.10. The lowest BCUT2D eigenvalue weighted by molar-refractivity contribution is -0.140. The van der Waals surface area contributed by atoms with Crippen molar-refractivity contribution in [3.05, 3.63) is 30.1 Å². The lowest BCUT2D eigenvalue weighted by Gasteiger charge is -2.06. The summed E-state index contributed by atoms with van der Waals surface area (Å²) in [6.07, 6.45) is 2.29. The van der Waals surface area contributed by atoms with Gasteiger partial charge in [0.25, 0.3) is 0 Å². The molecule has 0 spiro atoms. The van der Waals surface area contributed by atoms with E-state index in [4.69, 9.17) is 0 Å². The van der Waals surface area contributed by atoms with Crippen molar-refractivity contribution in [2.75, 3.05) is 13.7 Å². The van der Waals surface area contributed by atoms with E-state index in [0.717, 1.165) is 6.07 Å². The van der Waals surface area contributed by atoms with Gasteiger partial charge in [0.1, 0.15) is 5.82 Å². The maximum absolute atomic E-state index is 13.0. The van der Waals surface area contributed by atoms with E-state index < -0.39 is 15.8 Å². The first-order chi connectivity index (χ1) is 9.45. The van der Waals surface area contributed by atoms with E-state index in [1.54, 1.807) is 0 Å². The highest BCUT2D eigenvalue weighted by molar-refractivity contribution is 7.89. The molecular weight excluding hydrogens is 285 g/mol. The summed E-state index contributed by atoms with van der Waals surface area (Å²) < 4.78 is 43.5. The Morgan fingerprint density at radius 1 is 1.30 bits per heavy atom. The number of carbonyl (C=O) groups is 1. The van der Waals surface area contributed by atoms with Crippen LogP contribution >= 0.6 is 0 Å². The van der Waals surface area contributed by atoms with E-state index >= 15 is 0 Å². The molecule has 1 rings (SSSR count). The summed E-state index contributed by atoms with van der Waals surface area (Å²) in [5.41, 5.74) is 0. The quantitative estimate of drug-likeness (QED) is 0.587. The molecular formula is C13H18FNO4S. The zero-order chi connectivity index (χ0) is 15.0. The van der Waals surface area contributed by atoms with Gasteiger partial charge in [-0.2, -0.15) is 0 Å². The predicted molar refractivity (Wildman–Crippen MR) is 72.1 cm³/mol. The van der Waals surface area contributed by atoms with E-state index in [2.05, 4.69) is 9.46 Å². The van der Waals surface area contributed by atoms with Crippen LogP contribution in [-0.2, 0) is 19.6 Å². The van der Waals surface area contributed by atoms with Crippen molar-refractivity contribution >= 4 is 16.0 Å². The van der Waals surface area contributed by atoms with Crippen LogP contribution in [0.3, 0.4) is 0 Å². The van der Waals surface area contributed by atoms with Gasteiger partial charge in [-0.25, -0.2) is 17.5 Å². The van der Waals surface area contributed by atoms with Gasteiger partial charge in [0.2, 0.25) is 10.0 Å². The number of hydrogen-bond acceptors (Lipinski definition) is 4. The van der Waals surface area contributed by atoms with Crippen LogP contribution in [0.4, 0.5) is 4.39 Å². The number of rotatable bonds is 8. The van der Waals surface area contributed by atoms with Crippen LogP contribution in [-0.4, -0.2) is 28.0 Å². The normalized spacial score (nSPS) is 11.3. The van der Waals surface area contributed by atoms with Gasteiger partial charge >= 0.3 is 5.97 Å². The summed E-state index contributed by atoms with van der Waals surface area (Å²) in [4.78, 5) is 10.8. The van der Waals surface area contributed by atoms with Gasteiger partial charge in [0.05, 0.1) is 12.0 Å². The molecule has 0 atom stereocenters. The van der Waals surface area contributed by atoms with E-state index in [0.29, 0.717) is 25.7 Å². The lowest BCUT2D eigenvalue weighted by Crippen LogP contribution is -2.24. The van der Waals surface area contributed by atoms with Gasteiger partial charge in [0, 0.05) is 13.0 Å². The second-order valence-electron chi connectivity index (χ2n) is 4.24. The standard InChI is InChI=1S/C13H18FNO4S/c1-19-13(16)8-3-2-4-9-15-20(17,18)12-7-5-6-11(14)10-12/h5-7,10,15H,2-4,8-9H2,1H3. The molecule has 0 radical (unpaired) electrons. The third kappa shape index (κ3) is 5.66. The largest absolute Gasteiger partial charge is 0.469 e. The first-order valence-corrected chi connectivity index (χ1v) is 7.76. The highest BCUT2D eigenvalue weighted by Gasteiger charge is 2.13. The van der Waals surface area contributed by atoms with Crippen molar-refractivity contribution < 1.29 is 22.3 Å². The van der Waals surface area contributed by atoms with Crippen LogP contribution in [0.15, 0.2) is 29.2 Å². The fourth-order valence-electron chi connectivity index (χ4n) is 1.60. The Labute approximate surface area is 118 Å². The van der Waals surface area contributed by atoms with Gasteiger partial charge < -0.3 is 4.74 Å². The van der Waals surface area contributed by atoms with Crippen LogP contribution in [0.1, 0.15) is 25.7 Å². The van der Waals surface area contributed by atoms with Gasteiger partial charge in [-0.05, 0) is 31.0 Å². The molecule has 7 heteroatoms. The SMILES string of the molecule is COC(=O)CCCCCNS(=O)(=O)c1cccc(F)c1. The molecule has 5 nitrogen and oxygen atoms in total. The van der Waals surface area contributed by atoms with E-state index in [-0.39, 0.29) is 17.4 Å². The number of methoxy groups -OCH3 is 1. The molecule has 0 aliphatic heterocycles. The van der Waals surface area contributed by atoms with Gasteiger partial charge in [-0.15, -0.1) is 0 Å². The number of halogens is 1. The number of nitrogens with one attached hydrogen (secondary N) is 1. The fourth-order valence-corrected chi connectivity index (χ4v) is 2.70. The van der Waals surface area contributed by atoms with E-state index in [9.17, 15) is 17.6 Å². The lowest BCUT2D eigenvalue weighted by atomic mass is 10.2. The van der Waals surface area contributed by atoms with Crippen LogP contribution in [0.5, 0.6) is 0 Å². The van der Waals surface area contributed by atoms with Crippen LogP contribution in [0, 0.1) is 5.82 Å². The zero-order valence-electron chi connectivity index (χ0n) is 11.3. The molecule has 1 N–H and O–H groups in total. The molecule has 112 valence electrons. The van der Waals surface area contributed by atoms with Crippen LogP contribution in [0.25, 0.3) is 0 Å². The Balaban J connectivity index is 2.32. The maximum atomic E-state index is 13.0. The summed E-state index contributed by atoms with van der Waals surface area (Å²) >= 11 is 0. The molecule has 1 aromatic carbocycles. The average molecular weight is 303 g/mol. The third-order valence-corrected chi connectivity index (χ3v) is 4.14. The van der Waals surface area contributed by atoms with Crippen molar-refractivity contribution in [3.63, 3.8) is 0 Å². The molecule has 0 aliphatic carbocycles. The van der Waals surface area contributed by atoms with Gasteiger partial charge in [-0.1, -0.05) is 12.5 Å². The number of esters is 1. The molecule has 0 saturated heterocycles. The summed E-state index contributed by atoms with van der Waals surface area (Å²) in [6.45, 7) is 0.250. The Bertz CT molecular complexity index is 545. The van der Waals surface area contributed by atoms with Crippen molar-refractivity contribution in [3.8, 4) is 0 Å². The van der Waals surface area contributed by atoms with Crippen LogP contribution < -0.4 is 4.72 Å². The number of sulfonamides is 1. The number of carbonyl (C=O) groups excluding carboxylic acids is 1. The van der Waals surface area contributed by atoms with Gasteiger partial charge in [-0.3, -0.25) is 4.79 Å². The van der Waals surface area contributed by atoms with E-state index in [1.165, 1.54) is 25.3 Å². The second kappa shape index (κ2) is 7.96. The summed E-state index contributed by atoms with van der Waals surface area (Å²) in [7, 11) is -2.34. The van der Waals surface area contributed by atoms with Crippen molar-refractivity contribution in [2.24, 2.45) is 0 Å². The second-order valence-corrected chi connectivity index (χ2v) is 6.01. The first-order valence-electron chi connectivity index (χ1n) is 6.28. The maximum Gasteiger partial charge on any atom is 0.305 e. The Morgan fingerprint density at radius 3 is 2.70 bits per heavy atom. The molecule has 1 aromatic rings. The number of hydrogen-bond donors (Lipinski definition) is 1. The predicted octanol–water partition coefficient (Wildman–Crippen LogP) is 1.84. The molecule has 0 fully saturated rings. The Hall–Kier alpha value is -1.47. The van der Waals surface area contributed by atoms with E-state index in [1.807, 2.05) is 0 Å². The molecule has 0 aliphatic rings. The third-order valence-electron chi connectivity index (χ3n) is 2.68. The molecule has 0 saturated carbocycles. The smallest absolute Gasteiger partial charge is 0.305 e. The van der Waals surface area contributed by atoms with Gasteiger partial charge in [0.15, 0.2) is 0 Å². The van der Waals surface area contributed by atoms with Crippen molar-refractivity contribution in [1.82, 2.24) is 4.72 Å². The number of unbranched alkanes of at least 4 members (excludes halogenated alkanes) is 2. The Kier molecular flexibility index (Phi) is 6.60. The topological polar surface area (TPSA) is 72.5 Å². The summed E-state index contributed by atoms with van der Waals surface area (Å²) in [5.74, 6) is -0.865. The zero-order valence-corrected chi connectivity index (χ0v) is 12.1. The Morgan fingerprint density at radius 2 is 2.05 bits per heavy atom. The molecule has 0 bridgehead atoms. The minimum atomic E-state index is -3.67. The number of benzene rings is 1. The minimum Gasteiger partial charge on any atom is -0.469 e. The molecule has 0 heterocycles.